The van der Waals surface area contributed by atoms with Gasteiger partial charge in [-0.1, -0.05) is 12.6 Å². The van der Waals surface area contributed by atoms with Gasteiger partial charge in [0.1, 0.15) is 5.75 Å². The molecule has 122 valence electrons. The van der Waals surface area contributed by atoms with Crippen molar-refractivity contribution in [1.29, 1.82) is 0 Å². The molecule has 3 aliphatic carbocycles. The Kier molecular flexibility index (Phi) is 2.81. The molecule has 0 aliphatic heterocycles. The van der Waals surface area contributed by atoms with E-state index in [9.17, 15) is 15.0 Å². The number of hydrogen-bond acceptors (Lipinski definition) is 4. The number of hydrogen-bond donors (Lipinski definition) is 2. The Labute approximate surface area is 135 Å². The number of fused-ring (bicyclic) bond motifs is 3. The lowest BCUT2D eigenvalue weighted by molar-refractivity contribution is -0.147. The molecule has 4 nitrogen and oxygen atoms in total. The molecule has 1 aromatic rings. The van der Waals surface area contributed by atoms with Crippen LogP contribution >= 0.6 is 0 Å². The summed E-state index contributed by atoms with van der Waals surface area (Å²) in [4.78, 5) is 12.7. The molecule has 0 saturated heterocycles. The van der Waals surface area contributed by atoms with Crippen LogP contribution in [0.2, 0.25) is 0 Å². The van der Waals surface area contributed by atoms with Crippen LogP contribution in [0.4, 0.5) is 0 Å². The number of methoxy groups -OCH3 is 1. The molecule has 0 radical (unpaired) electrons. The van der Waals surface area contributed by atoms with E-state index in [1.165, 1.54) is 7.11 Å². The van der Waals surface area contributed by atoms with E-state index < -0.39 is 11.5 Å². The average molecular weight is 314 g/mol. The Balaban J connectivity index is 1.98. The Morgan fingerprint density at radius 2 is 2.17 bits per heavy atom. The molecule has 0 heterocycles. The quantitative estimate of drug-likeness (QED) is 0.618. The van der Waals surface area contributed by atoms with E-state index in [2.05, 4.69) is 6.58 Å². The lowest BCUT2D eigenvalue weighted by atomic mass is 9.63. The van der Waals surface area contributed by atoms with E-state index in [1.54, 1.807) is 6.07 Å². The highest BCUT2D eigenvalue weighted by Gasteiger charge is 2.66. The number of rotatable bonds is 1. The molecule has 0 amide bonds. The SMILES string of the molecule is C=C1C[C@]23C[C@@]1(O)CCC2c1ccc(O)c(C)c1C3C(=O)OC. The molecular formula is C19H22O4. The third-order valence-electron chi connectivity index (χ3n) is 6.56. The third kappa shape index (κ3) is 1.62. The lowest BCUT2D eigenvalue weighted by Crippen LogP contribution is -2.40. The molecule has 0 aromatic heterocycles. The summed E-state index contributed by atoms with van der Waals surface area (Å²) in [6, 6.07) is 3.66. The summed E-state index contributed by atoms with van der Waals surface area (Å²) in [6.45, 7) is 5.95. The van der Waals surface area contributed by atoms with Crippen molar-refractivity contribution in [2.24, 2.45) is 5.41 Å². The van der Waals surface area contributed by atoms with E-state index in [-0.39, 0.29) is 23.1 Å². The number of aliphatic hydroxyl groups is 1. The number of esters is 1. The number of carbonyl (C=O) groups excluding carboxylic acids is 1. The van der Waals surface area contributed by atoms with E-state index in [0.717, 1.165) is 28.7 Å². The molecule has 2 saturated carbocycles. The van der Waals surface area contributed by atoms with Gasteiger partial charge >= 0.3 is 5.97 Å². The number of carbonyl (C=O) groups is 1. The number of ether oxygens (including phenoxy) is 1. The molecule has 1 spiro atoms. The Hall–Kier alpha value is -1.81. The number of aromatic hydroxyl groups is 1. The average Bonchev–Trinajstić information content (AvgIpc) is 2.90. The minimum atomic E-state index is -0.860. The zero-order valence-electron chi connectivity index (χ0n) is 13.6. The molecule has 4 heteroatoms. The highest BCUT2D eigenvalue weighted by molar-refractivity contribution is 5.83. The first-order valence-electron chi connectivity index (χ1n) is 8.15. The van der Waals surface area contributed by atoms with Crippen LogP contribution in [0.15, 0.2) is 24.3 Å². The van der Waals surface area contributed by atoms with Crippen molar-refractivity contribution in [1.82, 2.24) is 0 Å². The monoisotopic (exact) mass is 314 g/mol. The zero-order chi connectivity index (χ0) is 16.6. The van der Waals surface area contributed by atoms with Gasteiger partial charge in [-0.25, -0.2) is 0 Å². The first kappa shape index (κ1) is 14.8. The first-order valence-corrected chi connectivity index (χ1v) is 8.15. The van der Waals surface area contributed by atoms with Crippen LogP contribution in [0, 0.1) is 12.3 Å². The Morgan fingerprint density at radius 3 is 2.87 bits per heavy atom. The summed E-state index contributed by atoms with van der Waals surface area (Å²) in [6.07, 6.45) is 2.71. The van der Waals surface area contributed by atoms with Crippen molar-refractivity contribution < 1.29 is 19.7 Å². The van der Waals surface area contributed by atoms with Gasteiger partial charge in [0.05, 0.1) is 18.6 Å². The highest BCUT2D eigenvalue weighted by Crippen LogP contribution is 2.71. The molecule has 23 heavy (non-hydrogen) atoms. The second kappa shape index (κ2) is 4.38. The van der Waals surface area contributed by atoms with Crippen molar-refractivity contribution in [2.75, 3.05) is 7.11 Å². The summed E-state index contributed by atoms with van der Waals surface area (Å²) in [5.74, 6) is -0.299. The maximum absolute atomic E-state index is 12.7. The molecule has 4 rings (SSSR count). The smallest absolute Gasteiger partial charge is 0.313 e. The van der Waals surface area contributed by atoms with Crippen molar-refractivity contribution in [3.8, 4) is 5.75 Å². The van der Waals surface area contributed by atoms with Gasteiger partial charge in [-0.05, 0) is 66.9 Å². The second-order valence-corrected chi connectivity index (χ2v) is 7.48. The van der Waals surface area contributed by atoms with Crippen LogP contribution in [0.3, 0.4) is 0 Å². The Bertz CT molecular complexity index is 737. The normalized spacial score (nSPS) is 37.4. The fourth-order valence-electron chi connectivity index (χ4n) is 5.53. The molecule has 2 N–H and O–H groups in total. The summed E-state index contributed by atoms with van der Waals surface area (Å²) in [5.41, 5.74) is 2.40. The van der Waals surface area contributed by atoms with Gasteiger partial charge in [-0.15, -0.1) is 0 Å². The maximum Gasteiger partial charge on any atom is 0.313 e. The number of phenols is 1. The largest absolute Gasteiger partial charge is 0.508 e. The zero-order valence-corrected chi connectivity index (χ0v) is 13.6. The predicted octanol–water partition coefficient (Wildman–Crippen LogP) is 2.92. The molecule has 2 fully saturated rings. The van der Waals surface area contributed by atoms with Gasteiger partial charge in [0, 0.05) is 5.41 Å². The molecule has 4 atom stereocenters. The summed E-state index contributed by atoms with van der Waals surface area (Å²) < 4.78 is 5.12. The van der Waals surface area contributed by atoms with Gasteiger partial charge in [-0.3, -0.25) is 4.79 Å². The summed E-state index contributed by atoms with van der Waals surface area (Å²) >= 11 is 0. The lowest BCUT2D eigenvalue weighted by Gasteiger charge is -2.41. The van der Waals surface area contributed by atoms with E-state index in [1.807, 2.05) is 13.0 Å². The fraction of sp³-hybridized carbons (Fsp3) is 0.526. The Morgan fingerprint density at radius 1 is 1.43 bits per heavy atom. The highest BCUT2D eigenvalue weighted by atomic mass is 16.5. The standard InChI is InChI=1S/C19H22O4/c1-10-8-18-9-19(10,22)7-6-13(18)12-4-5-14(20)11(2)15(12)16(18)17(21)23-3/h4-5,13,16,20,22H,1,6-9H2,2-3H3/t13?,16?,18-,19-/m0/s1. The summed E-state index contributed by atoms with van der Waals surface area (Å²) in [7, 11) is 1.41. The van der Waals surface area contributed by atoms with Gasteiger partial charge < -0.3 is 14.9 Å². The molecule has 3 aliphatic rings. The van der Waals surface area contributed by atoms with Crippen LogP contribution in [0.25, 0.3) is 0 Å². The van der Waals surface area contributed by atoms with Crippen LogP contribution < -0.4 is 0 Å². The van der Waals surface area contributed by atoms with Crippen LogP contribution in [0.1, 0.15) is 54.2 Å². The predicted molar refractivity (Wildman–Crippen MR) is 85.3 cm³/mol. The number of phenolic OH excluding ortho intramolecular Hbond substituents is 1. The second-order valence-electron chi connectivity index (χ2n) is 7.48. The van der Waals surface area contributed by atoms with Gasteiger partial charge in [0.25, 0.3) is 0 Å². The van der Waals surface area contributed by atoms with Crippen molar-refractivity contribution >= 4 is 5.97 Å². The van der Waals surface area contributed by atoms with Crippen LogP contribution in [-0.4, -0.2) is 28.9 Å². The minimum absolute atomic E-state index is 0.208. The molecular weight excluding hydrogens is 292 g/mol. The van der Waals surface area contributed by atoms with E-state index >= 15 is 0 Å². The topological polar surface area (TPSA) is 66.8 Å². The van der Waals surface area contributed by atoms with E-state index in [4.69, 9.17) is 4.74 Å². The minimum Gasteiger partial charge on any atom is -0.508 e. The van der Waals surface area contributed by atoms with Crippen LogP contribution in [0.5, 0.6) is 5.75 Å². The van der Waals surface area contributed by atoms with Crippen LogP contribution in [-0.2, 0) is 9.53 Å². The van der Waals surface area contributed by atoms with Gasteiger partial charge in [-0.2, -0.15) is 0 Å². The van der Waals surface area contributed by atoms with Gasteiger partial charge in [0.2, 0.25) is 0 Å². The van der Waals surface area contributed by atoms with Crippen molar-refractivity contribution in [3.05, 3.63) is 41.0 Å². The van der Waals surface area contributed by atoms with Gasteiger partial charge in [0.15, 0.2) is 0 Å². The molecule has 2 bridgehead atoms. The van der Waals surface area contributed by atoms with Crippen molar-refractivity contribution in [2.45, 2.75) is 50.0 Å². The number of benzene rings is 1. The molecule has 2 unspecified atom stereocenters. The fourth-order valence-corrected chi connectivity index (χ4v) is 5.53. The van der Waals surface area contributed by atoms with Crippen molar-refractivity contribution in [3.63, 3.8) is 0 Å². The third-order valence-corrected chi connectivity index (χ3v) is 6.56. The maximum atomic E-state index is 12.7. The summed E-state index contributed by atoms with van der Waals surface area (Å²) in [5, 5.41) is 21.0. The van der Waals surface area contributed by atoms with E-state index in [0.29, 0.717) is 19.3 Å². The first-order chi connectivity index (χ1) is 10.8. The molecule has 1 aromatic carbocycles.